The highest BCUT2D eigenvalue weighted by atomic mass is 28.2. The van der Waals surface area contributed by atoms with E-state index in [9.17, 15) is 0 Å². The quantitative estimate of drug-likeness (QED) is 0.404. The average Bonchev–Trinajstić information content (AvgIpc) is 1.69. The minimum atomic E-state index is 1.11. The number of hydrogen-bond donors (Lipinski definition) is 1. The predicted octanol–water partition coefficient (Wildman–Crippen LogP) is -1.02. The first-order valence-corrected chi connectivity index (χ1v) is 3.01. The van der Waals surface area contributed by atoms with E-state index in [1.807, 2.05) is 0 Å². The molecule has 39 valence electrons. The molecule has 3 radical (unpaired) electrons. The number of rotatable bonds is 0. The van der Waals surface area contributed by atoms with Crippen molar-refractivity contribution in [2.75, 3.05) is 26.2 Å². The van der Waals surface area contributed by atoms with Gasteiger partial charge in [-0.3, -0.25) is 0 Å². The van der Waals surface area contributed by atoms with E-state index in [-0.39, 0.29) is 0 Å². The lowest BCUT2D eigenvalue weighted by Gasteiger charge is -2.21. The Morgan fingerprint density at radius 2 is 1.86 bits per heavy atom. The average molecular weight is 113 g/mol. The fourth-order valence-corrected chi connectivity index (χ4v) is 0.888. The Bertz CT molecular complexity index is 51.7. The third-order valence-corrected chi connectivity index (χ3v) is 1.56. The lowest BCUT2D eigenvalue weighted by molar-refractivity contribution is 0.383. The molecule has 0 aromatic carbocycles. The molecule has 0 bridgehead atoms. The Balaban J connectivity index is 2.12. The zero-order chi connectivity index (χ0) is 5.11. The van der Waals surface area contributed by atoms with Crippen LogP contribution in [-0.2, 0) is 0 Å². The van der Waals surface area contributed by atoms with Crippen molar-refractivity contribution < 1.29 is 0 Å². The summed E-state index contributed by atoms with van der Waals surface area (Å²) in [5, 5.41) is 3.24. The summed E-state index contributed by atoms with van der Waals surface area (Å²) in [6, 6.07) is 0. The van der Waals surface area contributed by atoms with Crippen molar-refractivity contribution in [2.24, 2.45) is 0 Å². The molecule has 0 aromatic rings. The van der Waals surface area contributed by atoms with Gasteiger partial charge in [-0.1, -0.05) is 0 Å². The topological polar surface area (TPSA) is 15.3 Å². The van der Waals surface area contributed by atoms with Gasteiger partial charge in [0.25, 0.3) is 0 Å². The number of nitrogens with zero attached hydrogens (tertiary/aromatic N) is 1. The van der Waals surface area contributed by atoms with Crippen molar-refractivity contribution in [1.29, 1.82) is 0 Å². The number of hydrogen-bond acceptors (Lipinski definition) is 2. The molecule has 1 heterocycles. The molecule has 0 atom stereocenters. The van der Waals surface area contributed by atoms with Gasteiger partial charge in [0, 0.05) is 26.2 Å². The summed E-state index contributed by atoms with van der Waals surface area (Å²) >= 11 is 0. The first kappa shape index (κ1) is 5.28. The van der Waals surface area contributed by atoms with Crippen molar-refractivity contribution in [1.82, 2.24) is 9.88 Å². The molecule has 0 spiro atoms. The largest absolute Gasteiger partial charge is 0.324 e. The molecule has 1 saturated heterocycles. The smallest absolute Gasteiger partial charge is 0.143 e. The third-order valence-electron chi connectivity index (χ3n) is 1.12. The van der Waals surface area contributed by atoms with Gasteiger partial charge in [0.2, 0.25) is 0 Å². The summed E-state index contributed by atoms with van der Waals surface area (Å²) in [6.45, 7) is 4.47. The number of piperazine rings is 1. The van der Waals surface area contributed by atoms with E-state index in [2.05, 4.69) is 20.3 Å². The van der Waals surface area contributed by atoms with E-state index >= 15 is 0 Å². The molecule has 2 nitrogen and oxygen atoms in total. The molecule has 1 aliphatic heterocycles. The highest BCUT2D eigenvalue weighted by molar-refractivity contribution is 6.04. The Labute approximate surface area is 47.4 Å². The maximum absolute atomic E-state index is 3.43. The van der Waals surface area contributed by atoms with Gasteiger partial charge in [0.1, 0.15) is 10.4 Å². The van der Waals surface area contributed by atoms with Crippen LogP contribution in [0.5, 0.6) is 0 Å². The van der Waals surface area contributed by atoms with Crippen LogP contribution < -0.4 is 5.32 Å². The molecule has 1 rings (SSSR count). The lowest BCUT2D eigenvalue weighted by Crippen LogP contribution is -2.41. The van der Waals surface area contributed by atoms with Gasteiger partial charge in [0.15, 0.2) is 0 Å². The fourth-order valence-electron chi connectivity index (χ4n) is 0.665. The van der Waals surface area contributed by atoms with Gasteiger partial charge in [0.05, 0.1) is 0 Å². The van der Waals surface area contributed by atoms with Gasteiger partial charge in [-0.2, -0.15) is 0 Å². The molecule has 1 aliphatic rings. The van der Waals surface area contributed by atoms with Crippen molar-refractivity contribution in [2.45, 2.75) is 0 Å². The van der Waals surface area contributed by atoms with Gasteiger partial charge in [-0.15, -0.1) is 0 Å². The molecule has 1 N–H and O–H groups in total. The van der Waals surface area contributed by atoms with E-state index < -0.39 is 0 Å². The van der Waals surface area contributed by atoms with Crippen molar-refractivity contribution in [3.05, 3.63) is 0 Å². The Kier molecular flexibility index (Phi) is 1.84. The summed E-state index contributed by atoms with van der Waals surface area (Å²) in [7, 11) is 3.43. The summed E-state index contributed by atoms with van der Waals surface area (Å²) in [5.74, 6) is 0. The number of nitrogens with one attached hydrogen (secondary N) is 1. The molecular formula is C4H9N2Si. The molecule has 7 heavy (non-hydrogen) atoms. The lowest BCUT2D eigenvalue weighted by atomic mass is 10.4. The van der Waals surface area contributed by atoms with Gasteiger partial charge in [-0.05, 0) is 0 Å². The van der Waals surface area contributed by atoms with Crippen LogP contribution in [-0.4, -0.2) is 41.1 Å². The second kappa shape index (κ2) is 2.45. The van der Waals surface area contributed by atoms with Crippen molar-refractivity contribution in [3.63, 3.8) is 0 Å². The van der Waals surface area contributed by atoms with E-state index in [0.29, 0.717) is 0 Å². The molecule has 0 aromatic heterocycles. The first-order valence-electron chi connectivity index (χ1n) is 2.56. The molecule has 3 heteroatoms. The van der Waals surface area contributed by atoms with E-state index in [1.165, 1.54) is 0 Å². The highest BCUT2D eigenvalue weighted by Crippen LogP contribution is 1.81. The van der Waals surface area contributed by atoms with Crippen molar-refractivity contribution >= 4 is 10.4 Å². The second-order valence-electron chi connectivity index (χ2n) is 1.74. The SMILES string of the molecule is [Si]N1CCNCC1. The highest BCUT2D eigenvalue weighted by Gasteiger charge is 2.01. The third kappa shape index (κ3) is 1.59. The molecular weight excluding hydrogens is 104 g/mol. The monoisotopic (exact) mass is 113 g/mol. The standard InChI is InChI=1S/C4H9N2Si/c7-6-3-1-5-2-4-6/h5H,1-4H2. The van der Waals surface area contributed by atoms with Gasteiger partial charge >= 0.3 is 0 Å². The molecule has 0 amide bonds. The Hall–Kier alpha value is 0.137. The molecule has 1 fully saturated rings. The summed E-state index contributed by atoms with van der Waals surface area (Å²) in [6.07, 6.45) is 0. The Morgan fingerprint density at radius 3 is 2.14 bits per heavy atom. The van der Waals surface area contributed by atoms with Crippen LogP contribution in [0.15, 0.2) is 0 Å². The van der Waals surface area contributed by atoms with E-state index in [1.54, 1.807) is 0 Å². The molecule has 0 aliphatic carbocycles. The maximum atomic E-state index is 3.43. The summed E-state index contributed by atoms with van der Waals surface area (Å²) < 4.78 is 2.14. The zero-order valence-corrected chi connectivity index (χ0v) is 5.28. The summed E-state index contributed by atoms with van der Waals surface area (Å²) in [4.78, 5) is 0. The van der Waals surface area contributed by atoms with Gasteiger partial charge in [-0.25, -0.2) is 0 Å². The molecule has 0 unspecified atom stereocenters. The van der Waals surface area contributed by atoms with Crippen LogP contribution in [0.3, 0.4) is 0 Å². The fraction of sp³-hybridized carbons (Fsp3) is 1.00. The van der Waals surface area contributed by atoms with E-state index in [0.717, 1.165) is 26.2 Å². The minimum absolute atomic E-state index is 1.11. The van der Waals surface area contributed by atoms with Crippen LogP contribution in [0.4, 0.5) is 0 Å². The van der Waals surface area contributed by atoms with Crippen LogP contribution >= 0.6 is 0 Å². The molecule has 0 saturated carbocycles. The second-order valence-corrected chi connectivity index (χ2v) is 2.37. The predicted molar refractivity (Wildman–Crippen MR) is 30.2 cm³/mol. The minimum Gasteiger partial charge on any atom is -0.324 e. The van der Waals surface area contributed by atoms with Crippen LogP contribution in [0, 0.1) is 0 Å². The maximum Gasteiger partial charge on any atom is 0.143 e. The normalized spacial score (nSPS) is 25.3. The van der Waals surface area contributed by atoms with Crippen LogP contribution in [0.2, 0.25) is 0 Å². The van der Waals surface area contributed by atoms with Gasteiger partial charge < -0.3 is 9.88 Å². The first-order chi connectivity index (χ1) is 3.39. The van der Waals surface area contributed by atoms with Crippen LogP contribution in [0.1, 0.15) is 0 Å². The zero-order valence-electron chi connectivity index (χ0n) is 4.28. The van der Waals surface area contributed by atoms with Crippen LogP contribution in [0.25, 0.3) is 0 Å². The Morgan fingerprint density at radius 1 is 1.29 bits per heavy atom. The van der Waals surface area contributed by atoms with Crippen molar-refractivity contribution in [3.8, 4) is 0 Å². The van der Waals surface area contributed by atoms with E-state index in [4.69, 9.17) is 0 Å². The summed E-state index contributed by atoms with van der Waals surface area (Å²) in [5.41, 5.74) is 0.